The van der Waals surface area contributed by atoms with Crippen LogP contribution in [0.4, 0.5) is 5.69 Å². The van der Waals surface area contributed by atoms with Crippen LogP contribution in [-0.2, 0) is 26.2 Å². The molecule has 0 aromatic heterocycles. The van der Waals surface area contributed by atoms with Crippen LogP contribution in [-0.4, -0.2) is 43.3 Å². The van der Waals surface area contributed by atoms with Crippen molar-refractivity contribution in [2.75, 3.05) is 10.8 Å². The summed E-state index contributed by atoms with van der Waals surface area (Å²) in [6.45, 7) is 10.7. The van der Waals surface area contributed by atoms with Crippen molar-refractivity contribution in [2.24, 2.45) is 0 Å². The van der Waals surface area contributed by atoms with Gasteiger partial charge in [-0.25, -0.2) is 8.42 Å². The Hall–Kier alpha value is -3.36. The second-order valence-corrected chi connectivity index (χ2v) is 13.0. The SMILES string of the molecule is Cc1ccc(CN(C(=O)CN(c2cccc(Cl)c2)S(=O)(=O)c2ccc(C)cc2)[C@@H](C)C(=O)NC(C)(C)C)cc1. The number of carbonyl (C=O) groups is 2. The first-order valence-electron chi connectivity index (χ1n) is 12.7. The normalized spacial score (nSPS) is 12.5. The van der Waals surface area contributed by atoms with Crippen LogP contribution >= 0.6 is 11.6 Å². The van der Waals surface area contributed by atoms with Gasteiger partial charge in [-0.3, -0.25) is 13.9 Å². The Morgan fingerprint density at radius 1 is 0.923 bits per heavy atom. The van der Waals surface area contributed by atoms with Gasteiger partial charge in [0.15, 0.2) is 0 Å². The van der Waals surface area contributed by atoms with Crippen LogP contribution in [0.1, 0.15) is 44.4 Å². The number of rotatable bonds is 9. The molecule has 0 aliphatic rings. The van der Waals surface area contributed by atoms with E-state index in [1.54, 1.807) is 37.3 Å². The summed E-state index contributed by atoms with van der Waals surface area (Å²) >= 11 is 6.21. The molecule has 0 unspecified atom stereocenters. The smallest absolute Gasteiger partial charge is 0.264 e. The second-order valence-electron chi connectivity index (χ2n) is 10.7. The summed E-state index contributed by atoms with van der Waals surface area (Å²) in [5.74, 6) is -0.860. The third-order valence-electron chi connectivity index (χ3n) is 6.12. The maximum absolute atomic E-state index is 13.9. The maximum Gasteiger partial charge on any atom is 0.264 e. The fraction of sp³-hybridized carbons (Fsp3) is 0.333. The van der Waals surface area contributed by atoms with Gasteiger partial charge in [0.05, 0.1) is 10.6 Å². The molecule has 0 radical (unpaired) electrons. The number of nitrogens with one attached hydrogen (secondary N) is 1. The van der Waals surface area contributed by atoms with Crippen molar-refractivity contribution in [1.29, 1.82) is 0 Å². The summed E-state index contributed by atoms with van der Waals surface area (Å²) in [6.07, 6.45) is 0. The minimum absolute atomic E-state index is 0.0458. The lowest BCUT2D eigenvalue weighted by Gasteiger charge is -2.33. The van der Waals surface area contributed by atoms with Gasteiger partial charge in [0.1, 0.15) is 12.6 Å². The van der Waals surface area contributed by atoms with E-state index in [2.05, 4.69) is 5.32 Å². The molecule has 0 spiro atoms. The predicted octanol–water partition coefficient (Wildman–Crippen LogP) is 5.48. The van der Waals surface area contributed by atoms with Gasteiger partial charge in [-0.1, -0.05) is 65.2 Å². The van der Waals surface area contributed by atoms with Gasteiger partial charge in [-0.05, 0) is 77.4 Å². The van der Waals surface area contributed by atoms with E-state index in [9.17, 15) is 18.0 Å². The number of hydrogen-bond donors (Lipinski definition) is 1. The zero-order valence-electron chi connectivity index (χ0n) is 23.2. The molecule has 1 atom stereocenters. The Kier molecular flexibility index (Phi) is 9.46. The van der Waals surface area contributed by atoms with Crippen LogP contribution in [0.2, 0.25) is 5.02 Å². The molecular weight excluding hydrogens is 534 g/mol. The van der Waals surface area contributed by atoms with Gasteiger partial charge in [0.2, 0.25) is 11.8 Å². The van der Waals surface area contributed by atoms with Crippen molar-refractivity contribution >= 4 is 39.1 Å². The van der Waals surface area contributed by atoms with Crippen molar-refractivity contribution in [2.45, 2.75) is 64.6 Å². The van der Waals surface area contributed by atoms with Gasteiger partial charge in [-0.2, -0.15) is 0 Å². The Bertz CT molecular complexity index is 1420. The number of anilines is 1. The van der Waals surface area contributed by atoms with E-state index >= 15 is 0 Å². The van der Waals surface area contributed by atoms with Gasteiger partial charge in [0.25, 0.3) is 10.0 Å². The van der Waals surface area contributed by atoms with Crippen LogP contribution in [0.3, 0.4) is 0 Å². The van der Waals surface area contributed by atoms with E-state index in [0.29, 0.717) is 5.02 Å². The van der Waals surface area contributed by atoms with E-state index < -0.39 is 34.1 Å². The molecule has 0 bridgehead atoms. The highest BCUT2D eigenvalue weighted by molar-refractivity contribution is 7.92. The first-order valence-corrected chi connectivity index (χ1v) is 14.5. The predicted molar refractivity (Wildman–Crippen MR) is 156 cm³/mol. The lowest BCUT2D eigenvalue weighted by Crippen LogP contribution is -2.54. The van der Waals surface area contributed by atoms with Crippen LogP contribution in [0.5, 0.6) is 0 Å². The Labute approximate surface area is 236 Å². The van der Waals surface area contributed by atoms with Gasteiger partial charge >= 0.3 is 0 Å². The number of carbonyl (C=O) groups excluding carboxylic acids is 2. The van der Waals surface area contributed by atoms with Crippen LogP contribution in [0.25, 0.3) is 0 Å². The second kappa shape index (κ2) is 12.2. The first kappa shape index (κ1) is 30.2. The molecule has 0 aliphatic carbocycles. The van der Waals surface area contributed by atoms with E-state index in [1.165, 1.54) is 23.1 Å². The monoisotopic (exact) mass is 569 g/mol. The van der Waals surface area contributed by atoms with E-state index in [1.807, 2.05) is 58.9 Å². The van der Waals surface area contributed by atoms with E-state index in [0.717, 1.165) is 21.0 Å². The molecule has 1 N–H and O–H groups in total. The zero-order valence-corrected chi connectivity index (χ0v) is 24.8. The van der Waals surface area contributed by atoms with Gasteiger partial charge in [-0.15, -0.1) is 0 Å². The largest absolute Gasteiger partial charge is 0.350 e. The Morgan fingerprint density at radius 2 is 1.49 bits per heavy atom. The van der Waals surface area contributed by atoms with Crippen molar-refractivity contribution in [1.82, 2.24) is 10.2 Å². The molecule has 0 saturated heterocycles. The number of nitrogens with zero attached hydrogens (tertiary/aromatic N) is 2. The minimum atomic E-state index is -4.14. The molecule has 0 saturated carbocycles. The fourth-order valence-corrected chi connectivity index (χ4v) is 5.53. The van der Waals surface area contributed by atoms with Crippen LogP contribution < -0.4 is 9.62 Å². The summed E-state index contributed by atoms with van der Waals surface area (Å²) in [5.41, 5.74) is 2.53. The molecule has 0 heterocycles. The summed E-state index contributed by atoms with van der Waals surface area (Å²) in [5, 5.41) is 3.25. The van der Waals surface area contributed by atoms with E-state index in [-0.39, 0.29) is 23.0 Å². The average Bonchev–Trinajstić information content (AvgIpc) is 2.85. The first-order chi connectivity index (χ1) is 18.2. The number of amides is 2. The van der Waals surface area contributed by atoms with Crippen LogP contribution in [0.15, 0.2) is 77.7 Å². The molecular formula is C30H36ClN3O4S. The fourth-order valence-electron chi connectivity index (χ4n) is 3.94. The molecule has 39 heavy (non-hydrogen) atoms. The average molecular weight is 570 g/mol. The van der Waals surface area contributed by atoms with Crippen molar-refractivity contribution in [3.05, 3.63) is 94.5 Å². The topological polar surface area (TPSA) is 86.8 Å². The third kappa shape index (κ3) is 8.07. The standard InChI is InChI=1S/C30H36ClN3O4S/c1-21-10-14-24(15-11-21)19-33(23(3)29(36)32-30(4,5)6)28(35)20-34(26-9-7-8-25(31)18-26)39(37,38)27-16-12-22(2)13-17-27/h7-18,23H,19-20H2,1-6H3,(H,32,36)/t23-/m0/s1. The molecule has 3 aromatic carbocycles. The van der Waals surface area contributed by atoms with Crippen molar-refractivity contribution < 1.29 is 18.0 Å². The van der Waals surface area contributed by atoms with Crippen molar-refractivity contribution in [3.63, 3.8) is 0 Å². The highest BCUT2D eigenvalue weighted by atomic mass is 35.5. The molecule has 3 aromatic rings. The lowest BCUT2D eigenvalue weighted by molar-refractivity contribution is -0.140. The van der Waals surface area contributed by atoms with E-state index in [4.69, 9.17) is 11.6 Å². The number of sulfonamides is 1. The minimum Gasteiger partial charge on any atom is -0.350 e. The van der Waals surface area contributed by atoms with Gasteiger partial charge < -0.3 is 10.2 Å². The number of benzene rings is 3. The quantitative estimate of drug-likeness (QED) is 0.369. The number of aryl methyl sites for hydroxylation is 2. The molecule has 2 amide bonds. The highest BCUT2D eigenvalue weighted by Gasteiger charge is 2.33. The Balaban J connectivity index is 2.03. The number of hydrogen-bond acceptors (Lipinski definition) is 4. The summed E-state index contributed by atoms with van der Waals surface area (Å²) in [6, 6.07) is 19.6. The molecule has 7 nitrogen and oxygen atoms in total. The lowest BCUT2D eigenvalue weighted by atomic mass is 10.1. The Morgan fingerprint density at radius 3 is 2.03 bits per heavy atom. The zero-order chi connectivity index (χ0) is 29.0. The summed E-state index contributed by atoms with van der Waals surface area (Å²) in [4.78, 5) is 28.5. The molecule has 0 fully saturated rings. The van der Waals surface area contributed by atoms with Crippen molar-refractivity contribution in [3.8, 4) is 0 Å². The number of halogens is 1. The maximum atomic E-state index is 13.9. The summed E-state index contributed by atoms with van der Waals surface area (Å²) in [7, 11) is -4.14. The third-order valence-corrected chi connectivity index (χ3v) is 8.15. The summed E-state index contributed by atoms with van der Waals surface area (Å²) < 4.78 is 28.7. The highest BCUT2D eigenvalue weighted by Crippen LogP contribution is 2.27. The molecule has 208 valence electrons. The molecule has 9 heteroatoms. The molecule has 3 rings (SSSR count). The molecule has 0 aliphatic heterocycles. The van der Waals surface area contributed by atoms with Crippen LogP contribution in [0, 0.1) is 13.8 Å². The van der Waals surface area contributed by atoms with Gasteiger partial charge in [0, 0.05) is 17.1 Å².